The van der Waals surface area contributed by atoms with Crippen LogP contribution < -0.4 is 0 Å². The molecular weight excluding hydrogens is 150 g/mol. The SMILES string of the molecule is CC(C)COC[C@H]1CCCN1C. The lowest BCUT2D eigenvalue weighted by Crippen LogP contribution is -2.29. The maximum Gasteiger partial charge on any atom is 0.0621 e. The molecule has 0 spiro atoms. The molecule has 0 aliphatic carbocycles. The molecule has 12 heavy (non-hydrogen) atoms. The lowest BCUT2D eigenvalue weighted by atomic mass is 10.2. The Bertz CT molecular complexity index is 125. The quantitative estimate of drug-likeness (QED) is 0.639. The summed E-state index contributed by atoms with van der Waals surface area (Å²) in [5.41, 5.74) is 0. The van der Waals surface area contributed by atoms with E-state index in [9.17, 15) is 0 Å². The van der Waals surface area contributed by atoms with E-state index in [4.69, 9.17) is 4.74 Å². The first kappa shape index (κ1) is 10.0. The molecule has 0 saturated carbocycles. The second-order valence-corrected chi connectivity index (χ2v) is 4.21. The van der Waals surface area contributed by atoms with Crippen LogP contribution in [0.15, 0.2) is 0 Å². The van der Waals surface area contributed by atoms with Gasteiger partial charge >= 0.3 is 0 Å². The van der Waals surface area contributed by atoms with Crippen molar-refractivity contribution in [3.05, 3.63) is 0 Å². The topological polar surface area (TPSA) is 12.5 Å². The van der Waals surface area contributed by atoms with Crippen LogP contribution in [0, 0.1) is 5.92 Å². The molecule has 0 bridgehead atoms. The number of ether oxygens (including phenoxy) is 1. The van der Waals surface area contributed by atoms with Crippen LogP contribution in [-0.4, -0.2) is 37.7 Å². The molecule has 1 fully saturated rings. The van der Waals surface area contributed by atoms with Crippen LogP contribution >= 0.6 is 0 Å². The standard InChI is InChI=1S/C10H21NO/c1-9(2)7-12-8-10-5-4-6-11(10)3/h9-10H,4-8H2,1-3H3/t10-/m1/s1. The third kappa shape index (κ3) is 3.11. The molecule has 2 heteroatoms. The molecule has 0 radical (unpaired) electrons. The van der Waals surface area contributed by atoms with Gasteiger partial charge in [0.1, 0.15) is 0 Å². The fourth-order valence-electron chi connectivity index (χ4n) is 1.63. The summed E-state index contributed by atoms with van der Waals surface area (Å²) >= 11 is 0. The minimum absolute atomic E-state index is 0.664. The molecule has 0 aromatic carbocycles. The van der Waals surface area contributed by atoms with Crippen molar-refractivity contribution in [3.63, 3.8) is 0 Å². The largest absolute Gasteiger partial charge is 0.380 e. The van der Waals surface area contributed by atoms with Crippen molar-refractivity contribution >= 4 is 0 Å². The van der Waals surface area contributed by atoms with Gasteiger partial charge in [0.15, 0.2) is 0 Å². The van der Waals surface area contributed by atoms with Gasteiger partial charge in [0.05, 0.1) is 6.61 Å². The Balaban J connectivity index is 2.06. The number of hydrogen-bond donors (Lipinski definition) is 0. The van der Waals surface area contributed by atoms with E-state index in [1.54, 1.807) is 0 Å². The van der Waals surface area contributed by atoms with Crippen LogP contribution in [0.4, 0.5) is 0 Å². The third-order valence-electron chi connectivity index (χ3n) is 2.43. The molecule has 2 nitrogen and oxygen atoms in total. The van der Waals surface area contributed by atoms with E-state index in [2.05, 4.69) is 25.8 Å². The predicted molar refractivity (Wildman–Crippen MR) is 51.3 cm³/mol. The lowest BCUT2D eigenvalue weighted by Gasteiger charge is -2.19. The zero-order valence-corrected chi connectivity index (χ0v) is 8.55. The zero-order valence-electron chi connectivity index (χ0n) is 8.55. The molecule has 0 N–H and O–H groups in total. The maximum atomic E-state index is 5.61. The van der Waals surface area contributed by atoms with E-state index in [-0.39, 0.29) is 0 Å². The molecule has 1 saturated heterocycles. The summed E-state index contributed by atoms with van der Waals surface area (Å²) in [6.45, 7) is 7.46. The van der Waals surface area contributed by atoms with Crippen LogP contribution in [0.25, 0.3) is 0 Å². The first-order chi connectivity index (χ1) is 5.70. The van der Waals surface area contributed by atoms with Crippen molar-refractivity contribution in [1.82, 2.24) is 4.90 Å². The van der Waals surface area contributed by atoms with Crippen molar-refractivity contribution < 1.29 is 4.74 Å². The van der Waals surface area contributed by atoms with E-state index < -0.39 is 0 Å². The summed E-state index contributed by atoms with van der Waals surface area (Å²) in [5.74, 6) is 0.664. The summed E-state index contributed by atoms with van der Waals surface area (Å²) in [6.07, 6.45) is 2.65. The Kier molecular flexibility index (Phi) is 4.02. The Morgan fingerprint density at radius 1 is 1.50 bits per heavy atom. The van der Waals surface area contributed by atoms with Crippen molar-refractivity contribution in [2.45, 2.75) is 32.7 Å². The first-order valence-electron chi connectivity index (χ1n) is 4.98. The Labute approximate surface area is 75.9 Å². The fourth-order valence-corrected chi connectivity index (χ4v) is 1.63. The average molecular weight is 171 g/mol. The van der Waals surface area contributed by atoms with E-state index in [0.29, 0.717) is 12.0 Å². The number of likely N-dealkylation sites (tertiary alicyclic amines) is 1. The third-order valence-corrected chi connectivity index (χ3v) is 2.43. The van der Waals surface area contributed by atoms with E-state index in [1.807, 2.05) is 0 Å². The summed E-state index contributed by atoms with van der Waals surface area (Å²) in [5, 5.41) is 0. The van der Waals surface area contributed by atoms with Crippen LogP contribution in [0.1, 0.15) is 26.7 Å². The van der Waals surface area contributed by atoms with Gasteiger partial charge in [-0.15, -0.1) is 0 Å². The number of likely N-dealkylation sites (N-methyl/N-ethyl adjacent to an activating group) is 1. The second kappa shape index (κ2) is 4.83. The Hall–Kier alpha value is -0.0800. The highest BCUT2D eigenvalue weighted by molar-refractivity contribution is 4.75. The highest BCUT2D eigenvalue weighted by Gasteiger charge is 2.20. The zero-order chi connectivity index (χ0) is 8.97. The summed E-state index contributed by atoms with van der Waals surface area (Å²) in [7, 11) is 2.19. The van der Waals surface area contributed by atoms with Gasteiger partial charge in [0.2, 0.25) is 0 Å². The number of hydrogen-bond acceptors (Lipinski definition) is 2. The molecule has 1 heterocycles. The highest BCUT2D eigenvalue weighted by atomic mass is 16.5. The van der Waals surface area contributed by atoms with Gasteiger partial charge in [0.25, 0.3) is 0 Å². The van der Waals surface area contributed by atoms with Crippen molar-refractivity contribution in [2.75, 3.05) is 26.8 Å². The van der Waals surface area contributed by atoms with Crippen LogP contribution in [-0.2, 0) is 4.74 Å². The predicted octanol–water partition coefficient (Wildman–Crippen LogP) is 1.75. The van der Waals surface area contributed by atoms with Gasteiger partial charge in [-0.3, -0.25) is 0 Å². The molecule has 72 valence electrons. The maximum absolute atomic E-state index is 5.61. The number of nitrogens with zero attached hydrogens (tertiary/aromatic N) is 1. The summed E-state index contributed by atoms with van der Waals surface area (Å²) < 4.78 is 5.61. The molecule has 1 rings (SSSR count). The molecule has 0 aromatic heterocycles. The number of rotatable bonds is 4. The molecule has 1 aliphatic heterocycles. The molecule has 1 aliphatic rings. The van der Waals surface area contributed by atoms with E-state index in [0.717, 1.165) is 13.2 Å². The molecule has 0 amide bonds. The van der Waals surface area contributed by atoms with Crippen LogP contribution in [0.3, 0.4) is 0 Å². The van der Waals surface area contributed by atoms with Gasteiger partial charge in [-0.05, 0) is 32.4 Å². The van der Waals surface area contributed by atoms with Crippen molar-refractivity contribution in [1.29, 1.82) is 0 Å². The minimum atomic E-state index is 0.664. The lowest BCUT2D eigenvalue weighted by molar-refractivity contribution is 0.0689. The van der Waals surface area contributed by atoms with Gasteiger partial charge in [-0.2, -0.15) is 0 Å². The molecule has 1 atom stereocenters. The minimum Gasteiger partial charge on any atom is -0.380 e. The van der Waals surface area contributed by atoms with Crippen LogP contribution in [0.2, 0.25) is 0 Å². The van der Waals surface area contributed by atoms with Crippen LogP contribution in [0.5, 0.6) is 0 Å². The fraction of sp³-hybridized carbons (Fsp3) is 1.00. The van der Waals surface area contributed by atoms with E-state index >= 15 is 0 Å². The van der Waals surface area contributed by atoms with Gasteiger partial charge < -0.3 is 9.64 Å². The van der Waals surface area contributed by atoms with Gasteiger partial charge in [-0.25, -0.2) is 0 Å². The Morgan fingerprint density at radius 2 is 2.25 bits per heavy atom. The normalized spacial score (nSPS) is 25.5. The smallest absolute Gasteiger partial charge is 0.0621 e. The van der Waals surface area contributed by atoms with Gasteiger partial charge in [0, 0.05) is 12.6 Å². The van der Waals surface area contributed by atoms with Crippen molar-refractivity contribution in [3.8, 4) is 0 Å². The first-order valence-corrected chi connectivity index (χ1v) is 4.98. The van der Waals surface area contributed by atoms with Crippen molar-refractivity contribution in [2.24, 2.45) is 5.92 Å². The average Bonchev–Trinajstić information content (AvgIpc) is 2.36. The summed E-state index contributed by atoms with van der Waals surface area (Å²) in [4.78, 5) is 2.40. The Morgan fingerprint density at radius 3 is 2.75 bits per heavy atom. The second-order valence-electron chi connectivity index (χ2n) is 4.21. The molecule has 0 aromatic rings. The summed E-state index contributed by atoms with van der Waals surface area (Å²) in [6, 6.07) is 0.684. The van der Waals surface area contributed by atoms with Gasteiger partial charge in [-0.1, -0.05) is 13.8 Å². The monoisotopic (exact) mass is 171 g/mol. The van der Waals surface area contributed by atoms with E-state index in [1.165, 1.54) is 19.4 Å². The molecule has 0 unspecified atom stereocenters. The highest BCUT2D eigenvalue weighted by Crippen LogP contribution is 2.14. The molecular formula is C10H21NO.